The van der Waals surface area contributed by atoms with Crippen molar-refractivity contribution in [2.45, 2.75) is 39.7 Å². The topological polar surface area (TPSA) is 92.7 Å². The standard InChI is InChI=1S/C15H24NO5P.Na/c1-12(2)15-7-5-14(6-8-15)11-21-16(13(3)17)9-4-10-22(18,19)20;/h5-8,12H,4,9-11H2,1-3H3,(H2,18,19,20);/q;+1/p-1. The monoisotopic (exact) mass is 351 g/mol. The summed E-state index contributed by atoms with van der Waals surface area (Å²) in [6.45, 7) is 5.83. The van der Waals surface area contributed by atoms with Crippen LogP contribution >= 0.6 is 7.60 Å². The number of hydrogen-bond donors (Lipinski definition) is 0. The number of hydrogen-bond acceptors (Lipinski definition) is 5. The molecule has 1 amide bonds. The van der Waals surface area contributed by atoms with E-state index in [1.165, 1.54) is 12.5 Å². The molecule has 0 aliphatic rings. The Kier molecular flexibility index (Phi) is 10.5. The minimum absolute atomic E-state index is 0. The predicted molar refractivity (Wildman–Crippen MR) is 80.9 cm³/mol. The number of carbonyl (C=O) groups excluding carboxylic acids is 1. The predicted octanol–water partition coefficient (Wildman–Crippen LogP) is -1.49. The molecule has 6 nitrogen and oxygen atoms in total. The van der Waals surface area contributed by atoms with E-state index in [4.69, 9.17) is 4.84 Å². The maximum absolute atomic E-state index is 11.4. The molecular weight excluding hydrogens is 328 g/mol. The molecule has 0 aromatic heterocycles. The zero-order valence-electron chi connectivity index (χ0n) is 15.2. The average molecular weight is 351 g/mol. The molecule has 23 heavy (non-hydrogen) atoms. The molecule has 0 spiro atoms. The smallest absolute Gasteiger partial charge is 0.811 e. The van der Waals surface area contributed by atoms with Gasteiger partial charge in [0.25, 0.3) is 0 Å². The van der Waals surface area contributed by atoms with Crippen molar-refractivity contribution in [2.75, 3.05) is 12.7 Å². The van der Waals surface area contributed by atoms with Crippen LogP contribution in [0.1, 0.15) is 45.7 Å². The minimum atomic E-state index is -4.54. The van der Waals surface area contributed by atoms with Gasteiger partial charge in [-0.1, -0.05) is 45.7 Å². The number of benzene rings is 1. The summed E-state index contributed by atoms with van der Waals surface area (Å²) in [5, 5.41) is 1.09. The Morgan fingerprint density at radius 2 is 1.87 bits per heavy atom. The number of hydroxylamine groups is 2. The van der Waals surface area contributed by atoms with Crippen LogP contribution in [0.5, 0.6) is 0 Å². The van der Waals surface area contributed by atoms with E-state index in [1.54, 1.807) is 0 Å². The Labute approximate surface area is 161 Å². The van der Waals surface area contributed by atoms with Gasteiger partial charge in [0.05, 0.1) is 0 Å². The molecule has 0 bridgehead atoms. The maximum atomic E-state index is 11.4. The van der Waals surface area contributed by atoms with E-state index in [1.807, 2.05) is 24.3 Å². The SMILES string of the molecule is CC(=O)N(CCCP(=O)([O-])[O-])OCc1ccc(C(C)C)cc1.[H+].[Na+]. The fourth-order valence-electron chi connectivity index (χ4n) is 1.87. The molecule has 124 valence electrons. The largest absolute Gasteiger partial charge is 1.00 e. The van der Waals surface area contributed by atoms with E-state index < -0.39 is 13.8 Å². The zero-order chi connectivity index (χ0) is 16.8. The molecule has 0 N–H and O–H groups in total. The van der Waals surface area contributed by atoms with E-state index >= 15 is 0 Å². The molecule has 1 rings (SSSR count). The van der Waals surface area contributed by atoms with E-state index in [2.05, 4.69) is 13.8 Å². The van der Waals surface area contributed by atoms with Crippen LogP contribution in [0.2, 0.25) is 0 Å². The molecule has 0 saturated carbocycles. The van der Waals surface area contributed by atoms with Crippen LogP contribution in [0, 0.1) is 0 Å². The van der Waals surface area contributed by atoms with Crippen molar-refractivity contribution in [3.8, 4) is 0 Å². The second-order valence-electron chi connectivity index (χ2n) is 5.48. The van der Waals surface area contributed by atoms with Gasteiger partial charge in [0.2, 0.25) is 5.91 Å². The molecule has 1 aromatic rings. The first kappa shape index (κ1) is 22.8. The van der Waals surface area contributed by atoms with Crippen molar-refractivity contribution in [1.82, 2.24) is 5.06 Å². The van der Waals surface area contributed by atoms with Crippen LogP contribution in [0.3, 0.4) is 0 Å². The first-order valence-electron chi connectivity index (χ1n) is 7.20. The first-order chi connectivity index (χ1) is 10.2. The van der Waals surface area contributed by atoms with Gasteiger partial charge in [-0.25, -0.2) is 5.06 Å². The van der Waals surface area contributed by atoms with Gasteiger partial charge in [0.15, 0.2) is 0 Å². The Morgan fingerprint density at radius 3 is 2.30 bits per heavy atom. The van der Waals surface area contributed by atoms with Crippen molar-refractivity contribution in [2.24, 2.45) is 0 Å². The summed E-state index contributed by atoms with van der Waals surface area (Å²) < 4.78 is 10.6. The van der Waals surface area contributed by atoms with Gasteiger partial charge in [-0.05, 0) is 29.6 Å². The molecule has 0 saturated heterocycles. The molecule has 0 unspecified atom stereocenters. The quantitative estimate of drug-likeness (QED) is 0.323. The third-order valence-corrected chi connectivity index (χ3v) is 4.04. The third kappa shape index (κ3) is 9.62. The van der Waals surface area contributed by atoms with Gasteiger partial charge in [-0.3, -0.25) is 9.63 Å². The molecule has 8 heteroatoms. The molecule has 0 aliphatic carbocycles. The Bertz CT molecular complexity index is 535. The van der Waals surface area contributed by atoms with Crippen molar-refractivity contribution in [3.63, 3.8) is 0 Å². The van der Waals surface area contributed by atoms with E-state index in [0.717, 1.165) is 10.6 Å². The summed E-state index contributed by atoms with van der Waals surface area (Å²) in [5.41, 5.74) is 2.13. The molecule has 1 aromatic carbocycles. The fourth-order valence-corrected chi connectivity index (χ4v) is 2.40. The van der Waals surface area contributed by atoms with Gasteiger partial charge in [-0.2, -0.15) is 0 Å². The number of nitrogens with zero attached hydrogens (tertiary/aromatic N) is 1. The van der Waals surface area contributed by atoms with Crippen molar-refractivity contribution in [3.05, 3.63) is 35.4 Å². The zero-order valence-corrected chi connectivity index (χ0v) is 17.0. The van der Waals surface area contributed by atoms with Gasteiger partial charge in [0, 0.05) is 13.5 Å². The van der Waals surface area contributed by atoms with Crippen LogP contribution in [-0.4, -0.2) is 23.7 Å². The molecule has 0 fully saturated rings. The van der Waals surface area contributed by atoms with E-state index in [-0.39, 0.29) is 56.5 Å². The van der Waals surface area contributed by atoms with Crippen LogP contribution in [0.15, 0.2) is 24.3 Å². The second-order valence-corrected chi connectivity index (χ2v) is 7.15. The summed E-state index contributed by atoms with van der Waals surface area (Å²) >= 11 is 0. The van der Waals surface area contributed by atoms with Gasteiger partial charge >= 0.3 is 31.0 Å². The summed E-state index contributed by atoms with van der Waals surface area (Å²) in [6, 6.07) is 7.87. The van der Waals surface area contributed by atoms with Gasteiger partial charge in [-0.15, -0.1) is 0 Å². The number of carbonyl (C=O) groups is 1. The van der Waals surface area contributed by atoms with Crippen LogP contribution in [-0.2, 0) is 20.8 Å². The molecule has 0 aliphatic heterocycles. The first-order valence-corrected chi connectivity index (χ1v) is 8.93. The Balaban J connectivity index is 0. The molecule has 0 atom stereocenters. The molecule has 0 heterocycles. The summed E-state index contributed by atoms with van der Waals surface area (Å²) in [7, 11) is -4.54. The minimum Gasteiger partial charge on any atom is -0.811 e. The van der Waals surface area contributed by atoms with Crippen molar-refractivity contribution in [1.29, 1.82) is 0 Å². The third-order valence-electron chi connectivity index (χ3n) is 3.18. The van der Waals surface area contributed by atoms with Crippen molar-refractivity contribution >= 4 is 13.5 Å². The van der Waals surface area contributed by atoms with E-state index in [9.17, 15) is 19.1 Å². The average Bonchev–Trinajstić information content (AvgIpc) is 2.41. The maximum Gasteiger partial charge on any atom is 1.00 e. The van der Waals surface area contributed by atoms with Gasteiger partial charge < -0.3 is 14.4 Å². The summed E-state index contributed by atoms with van der Waals surface area (Å²) in [5.74, 6) is 0.115. The normalized spacial score (nSPS) is 11.2. The summed E-state index contributed by atoms with van der Waals surface area (Å²) in [4.78, 5) is 38.0. The fraction of sp³-hybridized carbons (Fsp3) is 0.533. The Hall–Kier alpha value is -0.200. The molecular formula is C15H23NNaO5P. The Morgan fingerprint density at radius 1 is 1.30 bits per heavy atom. The number of rotatable bonds is 8. The van der Waals surface area contributed by atoms with Crippen LogP contribution < -0.4 is 39.3 Å². The second kappa shape index (κ2) is 10.6. The van der Waals surface area contributed by atoms with Gasteiger partial charge in [0.1, 0.15) is 6.61 Å². The number of amides is 1. The molecule has 0 radical (unpaired) electrons. The van der Waals surface area contributed by atoms with E-state index in [0.29, 0.717) is 5.92 Å². The van der Waals surface area contributed by atoms with Crippen LogP contribution in [0.25, 0.3) is 0 Å². The summed E-state index contributed by atoms with van der Waals surface area (Å²) in [6.07, 6.45) is -0.417. The van der Waals surface area contributed by atoms with Crippen molar-refractivity contribution < 1.29 is 55.0 Å². The van der Waals surface area contributed by atoms with Crippen LogP contribution in [0.4, 0.5) is 0 Å².